The van der Waals surface area contributed by atoms with Crippen molar-refractivity contribution in [1.82, 2.24) is 19.7 Å². The average molecular weight is 293 g/mol. The Labute approximate surface area is 127 Å². The lowest BCUT2D eigenvalue weighted by molar-refractivity contribution is -0.128. The number of carbonyl (C=O) groups excluding carboxylic acids is 1. The SMILES string of the molecule is CCNC(=NCCC(=O)N(C)C)N(C)Cc1cccn1C. The third-order valence-electron chi connectivity index (χ3n) is 3.23. The van der Waals surface area contributed by atoms with Crippen molar-refractivity contribution in [3.63, 3.8) is 0 Å². The van der Waals surface area contributed by atoms with Crippen molar-refractivity contribution >= 4 is 11.9 Å². The van der Waals surface area contributed by atoms with Gasteiger partial charge in [0.05, 0.1) is 13.1 Å². The molecule has 1 N–H and O–H groups in total. The van der Waals surface area contributed by atoms with Crippen molar-refractivity contribution in [3.8, 4) is 0 Å². The highest BCUT2D eigenvalue weighted by molar-refractivity contribution is 5.80. The van der Waals surface area contributed by atoms with Gasteiger partial charge in [0.15, 0.2) is 5.96 Å². The Balaban J connectivity index is 2.62. The molecule has 1 rings (SSSR count). The van der Waals surface area contributed by atoms with E-state index < -0.39 is 0 Å². The Kier molecular flexibility index (Phi) is 6.78. The molecule has 0 aliphatic carbocycles. The van der Waals surface area contributed by atoms with E-state index >= 15 is 0 Å². The summed E-state index contributed by atoms with van der Waals surface area (Å²) < 4.78 is 2.09. The molecule has 6 nitrogen and oxygen atoms in total. The van der Waals surface area contributed by atoms with Gasteiger partial charge in [-0.1, -0.05) is 0 Å². The van der Waals surface area contributed by atoms with Crippen LogP contribution in [-0.4, -0.2) is 60.5 Å². The molecule has 1 aromatic heterocycles. The van der Waals surface area contributed by atoms with Gasteiger partial charge in [-0.15, -0.1) is 0 Å². The molecule has 0 bridgehead atoms. The number of hydrogen-bond acceptors (Lipinski definition) is 2. The number of aromatic nitrogens is 1. The number of nitrogens with one attached hydrogen (secondary N) is 1. The molecule has 0 atom stereocenters. The maximum absolute atomic E-state index is 11.6. The summed E-state index contributed by atoms with van der Waals surface area (Å²) >= 11 is 0. The molecule has 0 radical (unpaired) electrons. The lowest BCUT2D eigenvalue weighted by atomic mass is 10.4. The van der Waals surface area contributed by atoms with Crippen LogP contribution in [0.1, 0.15) is 19.0 Å². The molecule has 0 saturated carbocycles. The highest BCUT2D eigenvalue weighted by Gasteiger charge is 2.09. The average Bonchev–Trinajstić information content (AvgIpc) is 2.82. The molecule has 0 aromatic carbocycles. The first-order valence-electron chi connectivity index (χ1n) is 7.25. The predicted octanol–water partition coefficient (Wildman–Crippen LogP) is 0.901. The summed E-state index contributed by atoms with van der Waals surface area (Å²) in [6.07, 6.45) is 2.46. The van der Waals surface area contributed by atoms with Crippen LogP contribution < -0.4 is 5.32 Å². The lowest BCUT2D eigenvalue weighted by Crippen LogP contribution is -2.39. The Morgan fingerprint density at radius 2 is 2.10 bits per heavy atom. The smallest absolute Gasteiger partial charge is 0.223 e. The molecule has 21 heavy (non-hydrogen) atoms. The van der Waals surface area contributed by atoms with Gasteiger partial charge in [-0.2, -0.15) is 0 Å². The number of carbonyl (C=O) groups is 1. The van der Waals surface area contributed by atoms with E-state index in [1.54, 1.807) is 19.0 Å². The Bertz CT molecular complexity index is 478. The largest absolute Gasteiger partial charge is 0.357 e. The molecule has 1 heterocycles. The first-order valence-corrected chi connectivity index (χ1v) is 7.25. The molecule has 0 saturated heterocycles. The van der Waals surface area contributed by atoms with Crippen LogP contribution in [0.5, 0.6) is 0 Å². The summed E-state index contributed by atoms with van der Waals surface area (Å²) in [6.45, 7) is 4.11. The van der Waals surface area contributed by atoms with E-state index in [0.717, 1.165) is 19.0 Å². The summed E-state index contributed by atoms with van der Waals surface area (Å²) in [5.74, 6) is 0.921. The number of aryl methyl sites for hydroxylation is 1. The molecular formula is C15H27N5O. The maximum atomic E-state index is 11.6. The predicted molar refractivity (Wildman–Crippen MR) is 86.2 cm³/mol. The van der Waals surface area contributed by atoms with Crippen LogP contribution in [0.4, 0.5) is 0 Å². The third kappa shape index (κ3) is 5.49. The maximum Gasteiger partial charge on any atom is 0.223 e. The molecule has 0 unspecified atom stereocenters. The van der Waals surface area contributed by atoms with Crippen molar-refractivity contribution in [2.45, 2.75) is 19.9 Å². The van der Waals surface area contributed by atoms with Crippen LogP contribution in [0, 0.1) is 0 Å². The van der Waals surface area contributed by atoms with Crippen molar-refractivity contribution in [2.24, 2.45) is 12.0 Å². The molecule has 0 spiro atoms. The van der Waals surface area contributed by atoms with Crippen LogP contribution >= 0.6 is 0 Å². The number of rotatable bonds is 6. The van der Waals surface area contributed by atoms with E-state index in [4.69, 9.17) is 0 Å². The van der Waals surface area contributed by atoms with Crippen LogP contribution in [0.15, 0.2) is 23.3 Å². The fraction of sp³-hybridized carbons (Fsp3) is 0.600. The zero-order valence-corrected chi connectivity index (χ0v) is 13.8. The van der Waals surface area contributed by atoms with E-state index in [-0.39, 0.29) is 5.91 Å². The van der Waals surface area contributed by atoms with Gasteiger partial charge in [0.25, 0.3) is 0 Å². The molecule has 6 heteroatoms. The third-order valence-corrected chi connectivity index (χ3v) is 3.23. The van der Waals surface area contributed by atoms with Crippen LogP contribution in [0.25, 0.3) is 0 Å². The number of aliphatic imine (C=N–C) groups is 1. The minimum Gasteiger partial charge on any atom is -0.357 e. The quantitative estimate of drug-likeness (QED) is 0.626. The zero-order valence-electron chi connectivity index (χ0n) is 13.8. The number of hydrogen-bond donors (Lipinski definition) is 1. The van der Waals surface area contributed by atoms with E-state index in [0.29, 0.717) is 13.0 Å². The molecule has 0 aliphatic rings. The first kappa shape index (κ1) is 17.1. The Morgan fingerprint density at radius 3 is 2.62 bits per heavy atom. The molecule has 118 valence electrons. The van der Waals surface area contributed by atoms with E-state index in [9.17, 15) is 4.79 Å². The second kappa shape index (κ2) is 8.34. The monoisotopic (exact) mass is 293 g/mol. The van der Waals surface area contributed by atoms with Crippen molar-refractivity contribution in [2.75, 3.05) is 34.2 Å². The normalized spacial score (nSPS) is 11.4. The second-order valence-electron chi connectivity index (χ2n) is 5.24. The van der Waals surface area contributed by atoms with Crippen molar-refractivity contribution in [1.29, 1.82) is 0 Å². The van der Waals surface area contributed by atoms with Gasteiger partial charge in [-0.05, 0) is 19.1 Å². The number of nitrogens with zero attached hydrogens (tertiary/aromatic N) is 4. The summed E-state index contributed by atoms with van der Waals surface area (Å²) in [5, 5.41) is 3.26. The zero-order chi connectivity index (χ0) is 15.8. The molecular weight excluding hydrogens is 266 g/mol. The highest BCUT2D eigenvalue weighted by atomic mass is 16.2. The van der Waals surface area contributed by atoms with Gasteiger partial charge in [-0.3, -0.25) is 9.79 Å². The van der Waals surface area contributed by atoms with Gasteiger partial charge in [0.2, 0.25) is 5.91 Å². The Morgan fingerprint density at radius 1 is 1.38 bits per heavy atom. The van der Waals surface area contributed by atoms with E-state index in [1.165, 1.54) is 5.69 Å². The summed E-state index contributed by atoms with van der Waals surface area (Å²) in [6, 6.07) is 4.12. The fourth-order valence-corrected chi connectivity index (χ4v) is 1.93. The van der Waals surface area contributed by atoms with Crippen molar-refractivity contribution < 1.29 is 4.79 Å². The second-order valence-corrected chi connectivity index (χ2v) is 5.24. The van der Waals surface area contributed by atoms with Crippen LogP contribution in [0.2, 0.25) is 0 Å². The van der Waals surface area contributed by atoms with Crippen LogP contribution in [0.3, 0.4) is 0 Å². The topological polar surface area (TPSA) is 52.9 Å². The van der Waals surface area contributed by atoms with Gasteiger partial charge < -0.3 is 19.7 Å². The standard InChI is InChI=1S/C15H27N5O/c1-6-16-15(17-10-9-14(21)18(2)3)20(5)12-13-8-7-11-19(13)4/h7-8,11H,6,9-10,12H2,1-5H3,(H,16,17). The first-order chi connectivity index (χ1) is 9.95. The molecule has 1 amide bonds. The van der Waals surface area contributed by atoms with Gasteiger partial charge in [0.1, 0.15) is 0 Å². The fourth-order valence-electron chi connectivity index (χ4n) is 1.93. The molecule has 1 aromatic rings. The van der Waals surface area contributed by atoms with E-state index in [1.807, 2.05) is 33.3 Å². The van der Waals surface area contributed by atoms with E-state index in [2.05, 4.69) is 25.8 Å². The number of amides is 1. The summed E-state index contributed by atoms with van der Waals surface area (Å²) in [4.78, 5) is 19.8. The molecule has 0 aliphatic heterocycles. The van der Waals surface area contributed by atoms with Crippen LogP contribution in [-0.2, 0) is 18.4 Å². The number of guanidine groups is 1. The summed E-state index contributed by atoms with van der Waals surface area (Å²) in [5.41, 5.74) is 1.22. The van der Waals surface area contributed by atoms with Gasteiger partial charge >= 0.3 is 0 Å². The highest BCUT2D eigenvalue weighted by Crippen LogP contribution is 2.04. The van der Waals surface area contributed by atoms with Crippen molar-refractivity contribution in [3.05, 3.63) is 24.0 Å². The summed E-state index contributed by atoms with van der Waals surface area (Å²) in [7, 11) is 7.56. The molecule has 0 fully saturated rings. The minimum absolute atomic E-state index is 0.0969. The van der Waals surface area contributed by atoms with Gasteiger partial charge in [0, 0.05) is 53.0 Å². The Hall–Kier alpha value is -1.98. The minimum atomic E-state index is 0.0969. The lowest BCUT2D eigenvalue weighted by Gasteiger charge is -2.22. The van der Waals surface area contributed by atoms with Gasteiger partial charge in [-0.25, -0.2) is 0 Å².